The van der Waals surface area contributed by atoms with E-state index in [1.165, 1.54) is 12.1 Å². The second-order valence-electron chi connectivity index (χ2n) is 4.88. The number of rotatable bonds is 4. The highest BCUT2D eigenvalue weighted by Gasteiger charge is 2.18. The molecule has 1 aromatic heterocycles. The van der Waals surface area contributed by atoms with Crippen LogP contribution in [0.1, 0.15) is 24.3 Å². The van der Waals surface area contributed by atoms with E-state index in [9.17, 15) is 4.39 Å². The number of furan rings is 1. The summed E-state index contributed by atoms with van der Waals surface area (Å²) >= 11 is 6.00. The minimum atomic E-state index is -0.255. The maximum atomic E-state index is 13.5. The summed E-state index contributed by atoms with van der Waals surface area (Å²) in [5.41, 5.74) is 1.61. The van der Waals surface area contributed by atoms with Crippen LogP contribution in [-0.4, -0.2) is 6.54 Å². The van der Waals surface area contributed by atoms with Crippen molar-refractivity contribution in [2.24, 2.45) is 0 Å². The highest BCUT2D eigenvalue weighted by atomic mass is 35.5. The first kappa shape index (κ1) is 14.1. The van der Waals surface area contributed by atoms with E-state index in [4.69, 9.17) is 16.0 Å². The maximum absolute atomic E-state index is 13.5. The molecule has 2 aromatic carbocycles. The largest absolute Gasteiger partial charge is 0.459 e. The van der Waals surface area contributed by atoms with Crippen LogP contribution in [0.15, 0.2) is 52.9 Å². The van der Waals surface area contributed by atoms with Crippen LogP contribution in [0.2, 0.25) is 5.02 Å². The van der Waals surface area contributed by atoms with Crippen molar-refractivity contribution in [3.8, 4) is 0 Å². The zero-order chi connectivity index (χ0) is 14.8. The standard InChI is InChI=1S/C17H15ClFNO/c1-2-20-17(11-4-3-5-14(19)9-11)16-10-12-8-13(18)6-7-15(12)21-16/h3-10,17,20H,2H2,1H3. The fourth-order valence-corrected chi connectivity index (χ4v) is 2.63. The van der Waals surface area contributed by atoms with E-state index in [1.54, 1.807) is 12.1 Å². The molecule has 1 atom stereocenters. The summed E-state index contributed by atoms with van der Waals surface area (Å²) in [6.07, 6.45) is 0. The van der Waals surface area contributed by atoms with Gasteiger partial charge in [-0.3, -0.25) is 0 Å². The summed E-state index contributed by atoms with van der Waals surface area (Å²) in [5, 5.41) is 4.93. The number of hydrogen-bond donors (Lipinski definition) is 1. The fourth-order valence-electron chi connectivity index (χ4n) is 2.45. The first-order chi connectivity index (χ1) is 10.2. The molecular weight excluding hydrogens is 289 g/mol. The Morgan fingerprint density at radius 1 is 1.19 bits per heavy atom. The minimum absolute atomic E-state index is 0.183. The molecular formula is C17H15ClFNO. The van der Waals surface area contributed by atoms with Gasteiger partial charge >= 0.3 is 0 Å². The topological polar surface area (TPSA) is 25.2 Å². The molecule has 0 aliphatic heterocycles. The quantitative estimate of drug-likeness (QED) is 0.739. The smallest absolute Gasteiger partial charge is 0.134 e. The van der Waals surface area contributed by atoms with Gasteiger partial charge in [-0.15, -0.1) is 0 Å². The van der Waals surface area contributed by atoms with Crippen LogP contribution in [0.5, 0.6) is 0 Å². The molecule has 0 saturated heterocycles. The lowest BCUT2D eigenvalue weighted by Crippen LogP contribution is -2.21. The van der Waals surface area contributed by atoms with Crippen LogP contribution in [0.4, 0.5) is 4.39 Å². The Hall–Kier alpha value is -1.84. The van der Waals surface area contributed by atoms with Crippen molar-refractivity contribution in [3.63, 3.8) is 0 Å². The molecule has 0 radical (unpaired) electrons. The van der Waals surface area contributed by atoms with Gasteiger partial charge < -0.3 is 9.73 Å². The molecule has 0 amide bonds. The van der Waals surface area contributed by atoms with Gasteiger partial charge in [0.25, 0.3) is 0 Å². The van der Waals surface area contributed by atoms with Gasteiger partial charge in [-0.2, -0.15) is 0 Å². The Labute approximate surface area is 127 Å². The van der Waals surface area contributed by atoms with Crippen molar-refractivity contribution >= 4 is 22.6 Å². The van der Waals surface area contributed by atoms with Crippen molar-refractivity contribution in [1.82, 2.24) is 5.32 Å². The molecule has 0 bridgehead atoms. The predicted octanol–water partition coefficient (Wildman–Crippen LogP) is 4.92. The molecule has 0 spiro atoms. The number of fused-ring (bicyclic) bond motifs is 1. The van der Waals surface area contributed by atoms with E-state index in [1.807, 2.05) is 31.2 Å². The lowest BCUT2D eigenvalue weighted by molar-refractivity contribution is 0.475. The monoisotopic (exact) mass is 303 g/mol. The minimum Gasteiger partial charge on any atom is -0.459 e. The average Bonchev–Trinajstić information content (AvgIpc) is 2.87. The third kappa shape index (κ3) is 2.94. The summed E-state index contributed by atoms with van der Waals surface area (Å²) < 4.78 is 19.4. The number of benzene rings is 2. The summed E-state index contributed by atoms with van der Waals surface area (Å²) in [7, 11) is 0. The Kier molecular flexibility index (Phi) is 3.95. The first-order valence-electron chi connectivity index (χ1n) is 6.85. The molecule has 0 fully saturated rings. The van der Waals surface area contributed by atoms with E-state index in [0.717, 1.165) is 28.8 Å². The van der Waals surface area contributed by atoms with Gasteiger partial charge in [-0.25, -0.2) is 4.39 Å². The van der Waals surface area contributed by atoms with Gasteiger partial charge in [0.2, 0.25) is 0 Å². The molecule has 21 heavy (non-hydrogen) atoms. The van der Waals surface area contributed by atoms with Crippen molar-refractivity contribution < 1.29 is 8.81 Å². The van der Waals surface area contributed by atoms with Gasteiger partial charge in [-0.05, 0) is 48.5 Å². The van der Waals surface area contributed by atoms with Crippen molar-refractivity contribution in [2.45, 2.75) is 13.0 Å². The van der Waals surface area contributed by atoms with Crippen LogP contribution in [0, 0.1) is 5.82 Å². The van der Waals surface area contributed by atoms with Gasteiger partial charge in [0.15, 0.2) is 0 Å². The lowest BCUT2D eigenvalue weighted by atomic mass is 10.0. The molecule has 4 heteroatoms. The first-order valence-corrected chi connectivity index (χ1v) is 7.23. The fraction of sp³-hybridized carbons (Fsp3) is 0.176. The molecule has 1 unspecified atom stereocenters. The summed E-state index contributed by atoms with van der Waals surface area (Å²) in [6.45, 7) is 2.75. The normalized spacial score (nSPS) is 12.7. The molecule has 3 rings (SSSR count). The lowest BCUT2D eigenvalue weighted by Gasteiger charge is -2.15. The number of hydrogen-bond acceptors (Lipinski definition) is 2. The Morgan fingerprint density at radius 2 is 2.05 bits per heavy atom. The Morgan fingerprint density at radius 3 is 2.81 bits per heavy atom. The van der Waals surface area contributed by atoms with Crippen LogP contribution in [0.25, 0.3) is 11.0 Å². The predicted molar refractivity (Wildman–Crippen MR) is 83.1 cm³/mol. The molecule has 0 aliphatic rings. The van der Waals surface area contributed by atoms with Crippen LogP contribution >= 0.6 is 11.6 Å². The molecule has 108 valence electrons. The van der Waals surface area contributed by atoms with Gasteiger partial charge in [0.1, 0.15) is 17.2 Å². The SMILES string of the molecule is CCNC(c1cccc(F)c1)c1cc2cc(Cl)ccc2o1. The third-order valence-corrected chi connectivity index (χ3v) is 3.61. The second-order valence-corrected chi connectivity index (χ2v) is 5.31. The maximum Gasteiger partial charge on any atom is 0.134 e. The summed E-state index contributed by atoms with van der Waals surface area (Å²) in [6, 6.07) is 13.8. The van der Waals surface area contributed by atoms with E-state index >= 15 is 0 Å². The molecule has 1 heterocycles. The van der Waals surface area contributed by atoms with E-state index in [2.05, 4.69) is 5.32 Å². The molecule has 0 saturated carbocycles. The van der Waals surface area contributed by atoms with Crippen LogP contribution in [0.3, 0.4) is 0 Å². The summed E-state index contributed by atoms with van der Waals surface area (Å²) in [4.78, 5) is 0. The van der Waals surface area contributed by atoms with Crippen molar-refractivity contribution in [2.75, 3.05) is 6.54 Å². The van der Waals surface area contributed by atoms with Gasteiger partial charge in [0, 0.05) is 10.4 Å². The second kappa shape index (κ2) is 5.88. The van der Waals surface area contributed by atoms with Gasteiger partial charge in [-0.1, -0.05) is 30.7 Å². The van der Waals surface area contributed by atoms with E-state index in [0.29, 0.717) is 5.02 Å². The van der Waals surface area contributed by atoms with Crippen LogP contribution < -0.4 is 5.32 Å². The third-order valence-electron chi connectivity index (χ3n) is 3.37. The Balaban J connectivity index is 2.06. The van der Waals surface area contributed by atoms with Crippen molar-refractivity contribution in [1.29, 1.82) is 0 Å². The van der Waals surface area contributed by atoms with Crippen molar-refractivity contribution in [3.05, 3.63) is 70.7 Å². The molecule has 2 nitrogen and oxygen atoms in total. The van der Waals surface area contributed by atoms with E-state index < -0.39 is 0 Å². The van der Waals surface area contributed by atoms with E-state index in [-0.39, 0.29) is 11.9 Å². The number of nitrogens with one attached hydrogen (secondary N) is 1. The highest BCUT2D eigenvalue weighted by molar-refractivity contribution is 6.31. The number of halogens is 2. The molecule has 1 N–H and O–H groups in total. The molecule has 3 aromatic rings. The molecule has 0 aliphatic carbocycles. The highest BCUT2D eigenvalue weighted by Crippen LogP contribution is 2.30. The van der Waals surface area contributed by atoms with Gasteiger partial charge in [0.05, 0.1) is 6.04 Å². The summed E-state index contributed by atoms with van der Waals surface area (Å²) in [5.74, 6) is 0.495. The zero-order valence-corrected chi connectivity index (χ0v) is 12.3. The zero-order valence-electron chi connectivity index (χ0n) is 11.6. The van der Waals surface area contributed by atoms with Crippen LogP contribution in [-0.2, 0) is 0 Å². The Bertz CT molecular complexity index is 768. The average molecular weight is 304 g/mol.